The Balaban J connectivity index is 2.08. The van der Waals surface area contributed by atoms with Crippen LogP contribution in [-0.4, -0.2) is 25.4 Å². The predicted molar refractivity (Wildman–Crippen MR) is 59.5 cm³/mol. The number of benzene rings is 1. The van der Waals surface area contributed by atoms with Crippen LogP contribution in [0.5, 0.6) is 0 Å². The predicted octanol–water partition coefficient (Wildman–Crippen LogP) is 3.14. The number of carbonyl (C=O) groups excluding carboxylic acids is 1. The summed E-state index contributed by atoms with van der Waals surface area (Å²) in [5.41, 5.74) is 1.59. The average molecular weight is 259 g/mol. The van der Waals surface area contributed by atoms with Crippen LogP contribution in [0.4, 0.5) is 23.7 Å². The molecule has 0 atom stereocenters. The maximum absolute atomic E-state index is 12.0. The van der Waals surface area contributed by atoms with Gasteiger partial charge in [-0.25, -0.2) is 4.79 Å². The highest BCUT2D eigenvalue weighted by Gasteiger charge is 2.32. The Labute approximate surface area is 102 Å². The molecule has 0 saturated heterocycles. The summed E-state index contributed by atoms with van der Waals surface area (Å²) in [6.45, 7) is -1.17. The van der Waals surface area contributed by atoms with E-state index in [9.17, 15) is 18.0 Å². The molecule has 6 heteroatoms. The van der Waals surface area contributed by atoms with Crippen molar-refractivity contribution in [3.05, 3.63) is 29.8 Å². The molecule has 0 bridgehead atoms. The summed E-state index contributed by atoms with van der Waals surface area (Å²) in [5, 5.41) is 0. The zero-order valence-corrected chi connectivity index (χ0v) is 9.54. The average Bonchev–Trinajstić information content (AvgIpc) is 2.34. The molecule has 0 radical (unpaired) electrons. The minimum atomic E-state index is -4.50. The Bertz CT molecular complexity index is 445. The van der Waals surface area contributed by atoms with Crippen LogP contribution in [0.3, 0.4) is 0 Å². The minimum absolute atomic E-state index is 0.383. The number of hydrogen-bond donors (Lipinski definition) is 0. The van der Waals surface area contributed by atoms with Gasteiger partial charge in [0.2, 0.25) is 0 Å². The molecule has 0 spiro atoms. The molecule has 3 nitrogen and oxygen atoms in total. The highest BCUT2D eigenvalue weighted by atomic mass is 19.4. The van der Waals surface area contributed by atoms with Crippen LogP contribution in [0.1, 0.15) is 12.0 Å². The van der Waals surface area contributed by atoms with Gasteiger partial charge >= 0.3 is 12.3 Å². The van der Waals surface area contributed by atoms with E-state index in [4.69, 9.17) is 0 Å². The van der Waals surface area contributed by atoms with Crippen molar-refractivity contribution < 1.29 is 22.7 Å². The Morgan fingerprint density at radius 1 is 1.33 bits per heavy atom. The first kappa shape index (κ1) is 12.7. The zero-order valence-electron chi connectivity index (χ0n) is 9.54. The van der Waals surface area contributed by atoms with Crippen molar-refractivity contribution in [3.63, 3.8) is 0 Å². The normalized spacial score (nSPS) is 15.2. The van der Waals surface area contributed by atoms with Crippen molar-refractivity contribution in [3.8, 4) is 0 Å². The molecule has 2 rings (SSSR count). The monoisotopic (exact) mass is 259 g/mol. The Hall–Kier alpha value is -1.72. The van der Waals surface area contributed by atoms with Crippen LogP contribution >= 0.6 is 0 Å². The second kappa shape index (κ2) is 4.88. The molecule has 1 aliphatic rings. The Kier molecular flexibility index (Phi) is 3.45. The summed E-state index contributed by atoms with van der Waals surface area (Å²) in [7, 11) is 0. The lowest BCUT2D eigenvalue weighted by Gasteiger charge is -2.28. The number of carbonyl (C=O) groups is 1. The first-order valence-electron chi connectivity index (χ1n) is 5.56. The molecule has 0 N–H and O–H groups in total. The van der Waals surface area contributed by atoms with Gasteiger partial charge in [-0.15, -0.1) is 0 Å². The molecule has 1 heterocycles. The number of halogens is 3. The van der Waals surface area contributed by atoms with E-state index in [2.05, 4.69) is 4.74 Å². The number of amides is 1. The summed E-state index contributed by atoms with van der Waals surface area (Å²) in [4.78, 5) is 12.9. The number of ether oxygens (including phenoxy) is 1. The zero-order chi connectivity index (χ0) is 13.2. The fourth-order valence-electron chi connectivity index (χ4n) is 1.94. The van der Waals surface area contributed by atoms with E-state index in [-0.39, 0.29) is 0 Å². The van der Waals surface area contributed by atoms with Gasteiger partial charge in [0.15, 0.2) is 6.61 Å². The number of nitrogens with zero attached hydrogens (tertiary/aromatic N) is 1. The molecule has 0 fully saturated rings. The maximum Gasteiger partial charge on any atom is 0.422 e. The largest absolute Gasteiger partial charge is 0.439 e. The maximum atomic E-state index is 12.0. The van der Waals surface area contributed by atoms with Crippen molar-refractivity contribution in [2.24, 2.45) is 0 Å². The van der Waals surface area contributed by atoms with Crippen molar-refractivity contribution in [2.75, 3.05) is 18.1 Å². The summed E-state index contributed by atoms with van der Waals surface area (Å²) >= 11 is 0. The highest BCUT2D eigenvalue weighted by molar-refractivity contribution is 5.89. The number of aryl methyl sites for hydroxylation is 1. The van der Waals surface area contributed by atoms with Crippen molar-refractivity contribution >= 4 is 11.8 Å². The topological polar surface area (TPSA) is 29.5 Å². The Morgan fingerprint density at radius 2 is 2.06 bits per heavy atom. The van der Waals surface area contributed by atoms with Gasteiger partial charge in [0.1, 0.15) is 0 Å². The van der Waals surface area contributed by atoms with E-state index in [0.29, 0.717) is 12.2 Å². The first-order chi connectivity index (χ1) is 8.47. The lowest BCUT2D eigenvalue weighted by Crippen LogP contribution is -2.37. The second-order valence-electron chi connectivity index (χ2n) is 4.05. The highest BCUT2D eigenvalue weighted by Crippen LogP contribution is 2.27. The minimum Gasteiger partial charge on any atom is -0.439 e. The fourth-order valence-corrected chi connectivity index (χ4v) is 1.94. The molecule has 0 aromatic heterocycles. The standard InChI is InChI=1S/C12H12F3NO2/c13-12(14,15)8-18-11(17)16-7-3-5-9-4-1-2-6-10(9)16/h1-2,4,6H,3,5,7-8H2. The molecule has 18 heavy (non-hydrogen) atoms. The van der Waals surface area contributed by atoms with Gasteiger partial charge in [-0.3, -0.25) is 4.90 Å². The van der Waals surface area contributed by atoms with Crippen molar-refractivity contribution in [1.29, 1.82) is 0 Å². The Morgan fingerprint density at radius 3 is 2.78 bits per heavy atom. The number of para-hydroxylation sites is 1. The van der Waals surface area contributed by atoms with Crippen LogP contribution in [0.25, 0.3) is 0 Å². The van der Waals surface area contributed by atoms with Gasteiger partial charge in [-0.05, 0) is 24.5 Å². The van der Waals surface area contributed by atoms with Gasteiger partial charge in [-0.2, -0.15) is 13.2 Å². The fraction of sp³-hybridized carbons (Fsp3) is 0.417. The molecule has 0 saturated carbocycles. The smallest absolute Gasteiger partial charge is 0.422 e. The molecule has 1 amide bonds. The second-order valence-corrected chi connectivity index (χ2v) is 4.05. The van der Waals surface area contributed by atoms with Crippen LogP contribution in [-0.2, 0) is 11.2 Å². The third-order valence-electron chi connectivity index (χ3n) is 2.69. The molecule has 1 aromatic carbocycles. The van der Waals surface area contributed by atoms with Gasteiger partial charge in [-0.1, -0.05) is 18.2 Å². The van der Waals surface area contributed by atoms with E-state index in [1.165, 1.54) is 4.90 Å². The molecule has 0 aliphatic carbocycles. The molecular weight excluding hydrogens is 247 g/mol. The van der Waals surface area contributed by atoms with Crippen molar-refractivity contribution in [1.82, 2.24) is 0 Å². The number of rotatable bonds is 1. The number of hydrogen-bond acceptors (Lipinski definition) is 2. The van der Waals surface area contributed by atoms with Crippen LogP contribution in [0.2, 0.25) is 0 Å². The van der Waals surface area contributed by atoms with E-state index in [1.54, 1.807) is 12.1 Å². The molecule has 98 valence electrons. The van der Waals surface area contributed by atoms with E-state index < -0.39 is 18.9 Å². The number of anilines is 1. The van der Waals surface area contributed by atoms with E-state index in [0.717, 1.165) is 18.4 Å². The number of alkyl halides is 3. The lowest BCUT2D eigenvalue weighted by molar-refractivity contribution is -0.159. The van der Waals surface area contributed by atoms with Crippen molar-refractivity contribution in [2.45, 2.75) is 19.0 Å². The summed E-state index contributed by atoms with van der Waals surface area (Å²) < 4.78 is 40.2. The summed E-state index contributed by atoms with van der Waals surface area (Å²) in [6.07, 6.45) is -3.90. The van der Waals surface area contributed by atoms with Crippen LogP contribution in [0, 0.1) is 0 Å². The summed E-state index contributed by atoms with van der Waals surface area (Å²) in [5.74, 6) is 0. The quantitative estimate of drug-likeness (QED) is 0.775. The van der Waals surface area contributed by atoms with Crippen LogP contribution < -0.4 is 4.90 Å². The third kappa shape index (κ3) is 2.94. The van der Waals surface area contributed by atoms with E-state index >= 15 is 0 Å². The molecular formula is C12H12F3NO2. The molecule has 1 aliphatic heterocycles. The van der Waals surface area contributed by atoms with E-state index in [1.807, 2.05) is 12.1 Å². The molecule has 0 unspecified atom stereocenters. The first-order valence-corrected chi connectivity index (χ1v) is 5.56. The van der Waals surface area contributed by atoms with Gasteiger partial charge in [0.05, 0.1) is 5.69 Å². The molecule has 1 aromatic rings. The SMILES string of the molecule is O=C(OCC(F)(F)F)N1CCCc2ccccc21. The van der Waals surface area contributed by atoms with Crippen LogP contribution in [0.15, 0.2) is 24.3 Å². The number of fused-ring (bicyclic) bond motifs is 1. The third-order valence-corrected chi connectivity index (χ3v) is 2.69. The summed E-state index contributed by atoms with van der Waals surface area (Å²) in [6, 6.07) is 7.15. The lowest BCUT2D eigenvalue weighted by atomic mass is 10.0. The van der Waals surface area contributed by atoms with Gasteiger partial charge in [0.25, 0.3) is 0 Å². The van der Waals surface area contributed by atoms with Gasteiger partial charge in [0, 0.05) is 6.54 Å². The van der Waals surface area contributed by atoms with Gasteiger partial charge < -0.3 is 4.74 Å².